The number of nitrogens with zero attached hydrogens (tertiary/aromatic N) is 1. The molecule has 0 atom stereocenters. The largest absolute Gasteiger partial charge is 0.497 e. The van der Waals surface area contributed by atoms with Crippen LogP contribution in [0.5, 0.6) is 5.75 Å². The Labute approximate surface area is 173 Å². The van der Waals surface area contributed by atoms with Gasteiger partial charge < -0.3 is 4.74 Å². The van der Waals surface area contributed by atoms with Gasteiger partial charge in [0.2, 0.25) is 0 Å². The molecule has 3 aromatic rings. The molecule has 0 unspecified atom stereocenters. The summed E-state index contributed by atoms with van der Waals surface area (Å²) in [6, 6.07) is 20.6. The van der Waals surface area contributed by atoms with Crippen LogP contribution in [-0.2, 0) is 4.79 Å². The van der Waals surface area contributed by atoms with Gasteiger partial charge in [-0.15, -0.1) is 0 Å². The fourth-order valence-electron chi connectivity index (χ4n) is 3.17. The molecule has 29 heavy (non-hydrogen) atoms. The van der Waals surface area contributed by atoms with Gasteiger partial charge in [0, 0.05) is 16.3 Å². The number of carbonyl (C=O) groups is 1. The van der Waals surface area contributed by atoms with Crippen molar-refractivity contribution in [2.45, 2.75) is 0 Å². The van der Waals surface area contributed by atoms with Crippen molar-refractivity contribution in [3.8, 4) is 5.75 Å². The number of rotatable bonds is 4. The first-order chi connectivity index (χ1) is 14.0. The predicted octanol–water partition coefficient (Wildman–Crippen LogP) is 5.96. The first-order valence-electron chi connectivity index (χ1n) is 8.98. The molecule has 0 saturated heterocycles. The molecule has 1 amide bonds. The fraction of sp³-hybridized carbons (Fsp3) is 0.0417. The first kappa shape index (κ1) is 19.0. The summed E-state index contributed by atoms with van der Waals surface area (Å²) in [5, 5.41) is 0.612. The topological polar surface area (TPSA) is 29.5 Å². The summed E-state index contributed by atoms with van der Waals surface area (Å²) in [5.74, 6) is 0.207. The van der Waals surface area contributed by atoms with E-state index in [1.54, 1.807) is 36.3 Å². The lowest BCUT2D eigenvalue weighted by Crippen LogP contribution is -2.24. The number of hydrogen-bond donors (Lipinski definition) is 0. The maximum atomic E-state index is 13.4. The Morgan fingerprint density at radius 1 is 0.931 bits per heavy atom. The molecular weight excluding hydrogens is 389 g/mol. The van der Waals surface area contributed by atoms with Crippen LogP contribution in [0, 0.1) is 5.82 Å². The summed E-state index contributed by atoms with van der Waals surface area (Å²) in [5.41, 5.74) is 3.55. The van der Waals surface area contributed by atoms with Crippen LogP contribution in [0.1, 0.15) is 11.1 Å². The third kappa shape index (κ3) is 3.93. The van der Waals surface area contributed by atoms with Crippen molar-refractivity contribution >= 4 is 35.0 Å². The van der Waals surface area contributed by atoms with Crippen LogP contribution < -0.4 is 9.64 Å². The minimum absolute atomic E-state index is 0.183. The van der Waals surface area contributed by atoms with Gasteiger partial charge in [-0.25, -0.2) is 4.39 Å². The van der Waals surface area contributed by atoms with Crippen LogP contribution >= 0.6 is 11.6 Å². The average molecular weight is 406 g/mol. The molecule has 0 saturated carbocycles. The smallest absolute Gasteiger partial charge is 0.262 e. The van der Waals surface area contributed by atoms with Gasteiger partial charge in [-0.1, -0.05) is 35.9 Å². The summed E-state index contributed by atoms with van der Waals surface area (Å²) in [4.78, 5) is 14.8. The number of hydrogen-bond acceptors (Lipinski definition) is 2. The highest BCUT2D eigenvalue weighted by atomic mass is 35.5. The van der Waals surface area contributed by atoms with Gasteiger partial charge in [0.25, 0.3) is 5.91 Å². The second kappa shape index (κ2) is 7.94. The lowest BCUT2D eigenvalue weighted by molar-refractivity contribution is -0.113. The highest BCUT2D eigenvalue weighted by Crippen LogP contribution is 2.35. The molecule has 3 aromatic carbocycles. The van der Waals surface area contributed by atoms with Crippen LogP contribution in [-0.4, -0.2) is 13.0 Å². The molecule has 144 valence electrons. The number of halogens is 2. The molecule has 4 rings (SSSR count). The Balaban J connectivity index is 1.78. The molecule has 0 aliphatic carbocycles. The molecule has 0 radical (unpaired) electrons. The Hall–Kier alpha value is -3.37. The third-order valence-electron chi connectivity index (χ3n) is 4.65. The number of amides is 1. The van der Waals surface area contributed by atoms with Gasteiger partial charge >= 0.3 is 0 Å². The number of ether oxygens (including phenoxy) is 1. The third-order valence-corrected chi connectivity index (χ3v) is 4.90. The highest BCUT2D eigenvalue weighted by molar-refractivity contribution is 6.30. The van der Waals surface area contributed by atoms with E-state index in [1.165, 1.54) is 12.1 Å². The van der Waals surface area contributed by atoms with Crippen molar-refractivity contribution in [2.24, 2.45) is 0 Å². The SMILES string of the molecule is COc1ccc(/C=C2/C=C(c3ccc(Cl)cc3)N(c3ccc(F)cc3)C2=O)cc1. The molecule has 0 spiro atoms. The monoisotopic (exact) mass is 405 g/mol. The van der Waals surface area contributed by atoms with Crippen molar-refractivity contribution in [1.82, 2.24) is 0 Å². The first-order valence-corrected chi connectivity index (χ1v) is 9.36. The zero-order chi connectivity index (χ0) is 20.4. The van der Waals surface area contributed by atoms with E-state index in [1.807, 2.05) is 48.6 Å². The highest BCUT2D eigenvalue weighted by Gasteiger charge is 2.30. The minimum Gasteiger partial charge on any atom is -0.497 e. The lowest BCUT2D eigenvalue weighted by atomic mass is 10.1. The predicted molar refractivity (Wildman–Crippen MR) is 114 cm³/mol. The average Bonchev–Trinajstić information content (AvgIpc) is 3.06. The minimum atomic E-state index is -0.355. The van der Waals surface area contributed by atoms with Crippen molar-refractivity contribution < 1.29 is 13.9 Å². The van der Waals surface area contributed by atoms with Crippen molar-refractivity contribution in [3.63, 3.8) is 0 Å². The summed E-state index contributed by atoms with van der Waals surface area (Å²) < 4.78 is 18.6. The van der Waals surface area contributed by atoms with E-state index in [0.717, 1.165) is 16.9 Å². The van der Waals surface area contributed by atoms with Gasteiger partial charge in [0.05, 0.1) is 12.8 Å². The van der Waals surface area contributed by atoms with E-state index in [2.05, 4.69) is 0 Å². The molecule has 5 heteroatoms. The normalized spacial score (nSPS) is 15.0. The van der Waals surface area contributed by atoms with Crippen molar-refractivity contribution in [3.05, 3.63) is 106 Å². The van der Waals surface area contributed by atoms with Gasteiger partial charge in [-0.05, 0) is 71.8 Å². The summed E-state index contributed by atoms with van der Waals surface area (Å²) >= 11 is 6.02. The Kier molecular flexibility index (Phi) is 5.19. The lowest BCUT2D eigenvalue weighted by Gasteiger charge is -2.21. The van der Waals surface area contributed by atoms with E-state index < -0.39 is 0 Å². The molecule has 1 heterocycles. The molecule has 1 aliphatic heterocycles. The van der Waals surface area contributed by atoms with Gasteiger partial charge in [0.1, 0.15) is 11.6 Å². The molecule has 0 aromatic heterocycles. The number of carbonyl (C=O) groups excluding carboxylic acids is 1. The van der Waals surface area contributed by atoms with Gasteiger partial charge in [0.15, 0.2) is 0 Å². The van der Waals surface area contributed by atoms with Crippen LogP contribution in [0.2, 0.25) is 5.02 Å². The summed E-state index contributed by atoms with van der Waals surface area (Å²) in [6.07, 6.45) is 3.65. The maximum absolute atomic E-state index is 13.4. The number of anilines is 1. The Morgan fingerprint density at radius 2 is 1.59 bits per heavy atom. The Bertz CT molecular complexity index is 1100. The van der Waals surface area contributed by atoms with E-state index in [-0.39, 0.29) is 11.7 Å². The van der Waals surface area contributed by atoms with E-state index in [9.17, 15) is 9.18 Å². The van der Waals surface area contributed by atoms with E-state index >= 15 is 0 Å². The van der Waals surface area contributed by atoms with E-state index in [4.69, 9.17) is 16.3 Å². The maximum Gasteiger partial charge on any atom is 0.262 e. The molecule has 3 nitrogen and oxygen atoms in total. The number of methoxy groups -OCH3 is 1. The van der Waals surface area contributed by atoms with Crippen LogP contribution in [0.25, 0.3) is 11.8 Å². The van der Waals surface area contributed by atoms with Crippen molar-refractivity contribution in [1.29, 1.82) is 0 Å². The molecule has 0 N–H and O–H groups in total. The second-order valence-corrected chi connectivity index (χ2v) is 6.96. The van der Waals surface area contributed by atoms with Crippen LogP contribution in [0.4, 0.5) is 10.1 Å². The zero-order valence-corrected chi connectivity index (χ0v) is 16.4. The van der Waals surface area contributed by atoms with Crippen molar-refractivity contribution in [2.75, 3.05) is 12.0 Å². The zero-order valence-electron chi connectivity index (χ0n) is 15.6. The quantitative estimate of drug-likeness (QED) is 0.501. The molecule has 1 aliphatic rings. The molecular formula is C24H17ClFNO2. The van der Waals surface area contributed by atoms with Gasteiger partial charge in [-0.3, -0.25) is 9.69 Å². The number of benzene rings is 3. The van der Waals surface area contributed by atoms with Crippen LogP contribution in [0.3, 0.4) is 0 Å². The van der Waals surface area contributed by atoms with E-state index in [0.29, 0.717) is 22.0 Å². The molecule has 0 bridgehead atoms. The standard InChI is InChI=1S/C24H17ClFNO2/c1-29-22-12-2-16(3-13-22)14-18-15-23(17-4-6-19(25)7-5-17)27(24(18)28)21-10-8-20(26)9-11-21/h2-15H,1H3/b18-14-. The Morgan fingerprint density at radius 3 is 2.21 bits per heavy atom. The summed E-state index contributed by atoms with van der Waals surface area (Å²) in [6.45, 7) is 0. The van der Waals surface area contributed by atoms with Gasteiger partial charge in [-0.2, -0.15) is 0 Å². The second-order valence-electron chi connectivity index (χ2n) is 6.53. The fourth-order valence-corrected chi connectivity index (χ4v) is 3.30. The summed E-state index contributed by atoms with van der Waals surface area (Å²) in [7, 11) is 1.61. The molecule has 0 fully saturated rings. The van der Waals surface area contributed by atoms with Crippen LogP contribution in [0.15, 0.2) is 84.4 Å².